The SMILES string of the molecule is CC(C)CC(S)C(=O)NC1(C(=O)NC(Cc2ccc(-c3cccs3)nc2)C(=O)O)CCCC1. The molecule has 1 saturated carbocycles. The Bertz CT molecular complexity index is 955. The second-order valence-corrected chi connectivity index (χ2v) is 10.6. The Hall–Kier alpha value is -2.39. The predicted octanol–water partition coefficient (Wildman–Crippen LogP) is 3.70. The number of carboxylic acids is 1. The normalized spacial score (nSPS) is 16.8. The third kappa shape index (κ3) is 6.57. The summed E-state index contributed by atoms with van der Waals surface area (Å²) < 4.78 is 0. The van der Waals surface area contributed by atoms with Crippen molar-refractivity contribution in [2.45, 2.75) is 69.2 Å². The number of hydrogen-bond donors (Lipinski definition) is 4. The highest BCUT2D eigenvalue weighted by molar-refractivity contribution is 7.81. The molecule has 2 aromatic heterocycles. The van der Waals surface area contributed by atoms with Gasteiger partial charge in [-0.05, 0) is 48.3 Å². The Morgan fingerprint density at radius 2 is 1.94 bits per heavy atom. The number of amides is 2. The Balaban J connectivity index is 1.68. The molecule has 9 heteroatoms. The van der Waals surface area contributed by atoms with Gasteiger partial charge in [0.1, 0.15) is 11.6 Å². The molecule has 0 bridgehead atoms. The average Bonchev–Trinajstić information content (AvgIpc) is 3.46. The van der Waals surface area contributed by atoms with Gasteiger partial charge in [-0.2, -0.15) is 12.6 Å². The maximum absolute atomic E-state index is 13.2. The molecule has 2 amide bonds. The van der Waals surface area contributed by atoms with Crippen LogP contribution in [0, 0.1) is 5.92 Å². The number of nitrogens with zero attached hydrogens (tertiary/aromatic N) is 1. The van der Waals surface area contributed by atoms with E-state index in [9.17, 15) is 19.5 Å². The van der Waals surface area contributed by atoms with Crippen LogP contribution in [0.4, 0.5) is 0 Å². The van der Waals surface area contributed by atoms with E-state index in [0.29, 0.717) is 30.7 Å². The molecule has 0 radical (unpaired) electrons. The summed E-state index contributed by atoms with van der Waals surface area (Å²) in [5.41, 5.74) is 0.434. The zero-order chi connectivity index (χ0) is 24.0. The molecule has 178 valence electrons. The fourth-order valence-electron chi connectivity index (χ4n) is 4.11. The van der Waals surface area contributed by atoms with Gasteiger partial charge >= 0.3 is 5.97 Å². The van der Waals surface area contributed by atoms with E-state index >= 15 is 0 Å². The minimum absolute atomic E-state index is 0.103. The number of hydrogen-bond acceptors (Lipinski definition) is 6. The molecule has 1 aliphatic carbocycles. The van der Waals surface area contributed by atoms with Gasteiger partial charge in [-0.1, -0.05) is 38.8 Å². The number of thiophene rings is 1. The molecule has 7 nitrogen and oxygen atoms in total. The summed E-state index contributed by atoms with van der Waals surface area (Å²) in [6.07, 6.45) is 4.89. The highest BCUT2D eigenvalue weighted by Gasteiger charge is 2.44. The molecule has 2 atom stereocenters. The fourth-order valence-corrected chi connectivity index (χ4v) is 5.30. The Morgan fingerprint density at radius 3 is 2.48 bits per heavy atom. The van der Waals surface area contributed by atoms with Crippen LogP contribution in [0.2, 0.25) is 0 Å². The molecule has 2 heterocycles. The van der Waals surface area contributed by atoms with Crippen LogP contribution in [0.15, 0.2) is 35.8 Å². The van der Waals surface area contributed by atoms with Crippen molar-refractivity contribution in [2.24, 2.45) is 5.92 Å². The van der Waals surface area contributed by atoms with Gasteiger partial charge in [0.25, 0.3) is 0 Å². The molecular formula is C24H31N3O4S2. The van der Waals surface area contributed by atoms with Gasteiger partial charge in [-0.3, -0.25) is 14.6 Å². The first-order chi connectivity index (χ1) is 15.7. The number of aliphatic carboxylic acids is 1. The predicted molar refractivity (Wildman–Crippen MR) is 132 cm³/mol. The lowest BCUT2D eigenvalue weighted by Crippen LogP contribution is -2.61. The molecule has 1 aliphatic rings. The van der Waals surface area contributed by atoms with Crippen molar-refractivity contribution in [3.63, 3.8) is 0 Å². The highest BCUT2D eigenvalue weighted by atomic mass is 32.1. The lowest BCUT2D eigenvalue weighted by Gasteiger charge is -2.31. The van der Waals surface area contributed by atoms with Crippen molar-refractivity contribution >= 4 is 41.7 Å². The molecule has 3 N–H and O–H groups in total. The van der Waals surface area contributed by atoms with Crippen molar-refractivity contribution in [1.29, 1.82) is 0 Å². The summed E-state index contributed by atoms with van der Waals surface area (Å²) in [4.78, 5) is 43.3. The standard InChI is InChI=1S/C24H31N3O4S2/c1-15(2)12-19(32)21(28)27-24(9-3-4-10-24)23(31)26-18(22(29)30)13-16-7-8-17(25-14-16)20-6-5-11-33-20/h5-8,11,14-15,18-19,32H,3-4,9-10,12-13H2,1-2H3,(H,26,31)(H,27,28)(H,29,30). The lowest BCUT2D eigenvalue weighted by atomic mass is 9.94. The second kappa shape index (κ2) is 11.2. The van der Waals surface area contributed by atoms with E-state index in [1.165, 1.54) is 0 Å². The van der Waals surface area contributed by atoms with Crippen molar-refractivity contribution in [1.82, 2.24) is 15.6 Å². The highest BCUT2D eigenvalue weighted by Crippen LogP contribution is 2.31. The second-order valence-electron chi connectivity index (χ2n) is 9.02. The maximum atomic E-state index is 13.2. The first-order valence-corrected chi connectivity index (χ1v) is 12.6. The number of pyridine rings is 1. The van der Waals surface area contributed by atoms with Crippen molar-refractivity contribution in [3.05, 3.63) is 41.4 Å². The quantitative estimate of drug-likeness (QED) is 0.381. The molecule has 2 unspecified atom stereocenters. The minimum Gasteiger partial charge on any atom is -0.480 e. The summed E-state index contributed by atoms with van der Waals surface area (Å²) in [6.45, 7) is 4.02. The monoisotopic (exact) mass is 489 g/mol. The zero-order valence-electron chi connectivity index (χ0n) is 18.9. The smallest absolute Gasteiger partial charge is 0.326 e. The van der Waals surface area contributed by atoms with Gasteiger partial charge < -0.3 is 15.7 Å². The average molecular weight is 490 g/mol. The number of rotatable bonds is 10. The molecule has 3 rings (SSSR count). The van der Waals surface area contributed by atoms with Crippen LogP contribution in [-0.2, 0) is 20.8 Å². The number of carbonyl (C=O) groups excluding carboxylic acids is 2. The molecule has 33 heavy (non-hydrogen) atoms. The van der Waals surface area contributed by atoms with E-state index in [4.69, 9.17) is 0 Å². The van der Waals surface area contributed by atoms with Crippen LogP contribution in [0.25, 0.3) is 10.6 Å². The minimum atomic E-state index is -1.13. The molecular weight excluding hydrogens is 458 g/mol. The van der Waals surface area contributed by atoms with Gasteiger partial charge in [0.2, 0.25) is 11.8 Å². The van der Waals surface area contributed by atoms with Crippen LogP contribution >= 0.6 is 24.0 Å². The molecule has 0 aliphatic heterocycles. The molecule has 0 saturated heterocycles. The zero-order valence-corrected chi connectivity index (χ0v) is 20.6. The number of carbonyl (C=O) groups is 3. The molecule has 0 aromatic carbocycles. The van der Waals surface area contributed by atoms with E-state index in [2.05, 4.69) is 28.2 Å². The van der Waals surface area contributed by atoms with Crippen molar-refractivity contribution in [3.8, 4) is 10.6 Å². The lowest BCUT2D eigenvalue weighted by molar-refractivity contribution is -0.143. The van der Waals surface area contributed by atoms with Crippen molar-refractivity contribution < 1.29 is 19.5 Å². The summed E-state index contributed by atoms with van der Waals surface area (Å²) in [7, 11) is 0. The van der Waals surface area contributed by atoms with Crippen LogP contribution < -0.4 is 10.6 Å². The Morgan fingerprint density at radius 1 is 1.21 bits per heavy atom. The molecule has 0 spiro atoms. The first-order valence-electron chi connectivity index (χ1n) is 11.2. The summed E-state index contributed by atoms with van der Waals surface area (Å²) in [6, 6.07) is 6.47. The third-order valence-electron chi connectivity index (χ3n) is 5.89. The van der Waals surface area contributed by atoms with Gasteiger partial charge in [0.05, 0.1) is 15.8 Å². The Kier molecular flexibility index (Phi) is 8.53. The summed E-state index contributed by atoms with van der Waals surface area (Å²) >= 11 is 5.98. The van der Waals surface area contributed by atoms with Gasteiger partial charge in [-0.25, -0.2) is 4.79 Å². The summed E-state index contributed by atoms with van der Waals surface area (Å²) in [5, 5.41) is 16.8. The van der Waals surface area contributed by atoms with Crippen LogP contribution in [-0.4, -0.2) is 44.7 Å². The third-order valence-corrected chi connectivity index (χ3v) is 7.23. The van der Waals surface area contributed by atoms with E-state index in [1.807, 2.05) is 43.5 Å². The number of aromatic nitrogens is 1. The van der Waals surface area contributed by atoms with Crippen LogP contribution in [0.1, 0.15) is 51.5 Å². The number of nitrogens with one attached hydrogen (secondary N) is 2. The first kappa shape index (κ1) is 25.2. The molecule has 2 aromatic rings. The topological polar surface area (TPSA) is 108 Å². The number of carboxylic acid groups (broad SMARTS) is 1. The summed E-state index contributed by atoms with van der Waals surface area (Å²) in [5.74, 6) is -1.57. The fraction of sp³-hybridized carbons (Fsp3) is 0.500. The van der Waals surface area contributed by atoms with Gasteiger partial charge in [-0.15, -0.1) is 11.3 Å². The van der Waals surface area contributed by atoms with E-state index in [0.717, 1.165) is 23.4 Å². The number of thiol groups is 1. The van der Waals surface area contributed by atoms with Crippen LogP contribution in [0.5, 0.6) is 0 Å². The van der Waals surface area contributed by atoms with E-state index < -0.39 is 28.7 Å². The molecule has 1 fully saturated rings. The maximum Gasteiger partial charge on any atom is 0.326 e. The van der Waals surface area contributed by atoms with E-state index in [1.54, 1.807) is 17.5 Å². The van der Waals surface area contributed by atoms with Crippen LogP contribution in [0.3, 0.4) is 0 Å². The largest absolute Gasteiger partial charge is 0.480 e. The van der Waals surface area contributed by atoms with Gasteiger partial charge in [0, 0.05) is 12.6 Å². The van der Waals surface area contributed by atoms with Gasteiger partial charge in [0.15, 0.2) is 0 Å². The van der Waals surface area contributed by atoms with Crippen molar-refractivity contribution in [2.75, 3.05) is 0 Å². The van der Waals surface area contributed by atoms with E-state index in [-0.39, 0.29) is 12.3 Å². The Labute approximate surface area is 203 Å².